The van der Waals surface area contributed by atoms with Crippen LogP contribution in [-0.4, -0.2) is 25.7 Å². The Balaban J connectivity index is 1.58. The predicted octanol–water partition coefficient (Wildman–Crippen LogP) is 3.78. The number of benzene rings is 2. The van der Waals surface area contributed by atoms with Crippen LogP contribution < -0.4 is 15.8 Å². The van der Waals surface area contributed by atoms with Gasteiger partial charge in [-0.2, -0.15) is 10.4 Å². The molecule has 1 amide bonds. The molecule has 0 unspecified atom stereocenters. The summed E-state index contributed by atoms with van der Waals surface area (Å²) in [6.07, 6.45) is 4.83. The zero-order valence-electron chi connectivity index (χ0n) is 17.5. The van der Waals surface area contributed by atoms with Gasteiger partial charge in [-0.15, -0.1) is 0 Å². The van der Waals surface area contributed by atoms with Gasteiger partial charge in [-0.05, 0) is 17.7 Å². The van der Waals surface area contributed by atoms with Gasteiger partial charge >= 0.3 is 0 Å². The summed E-state index contributed by atoms with van der Waals surface area (Å²) in [6.45, 7) is 4.00. The van der Waals surface area contributed by atoms with E-state index in [0.717, 1.165) is 5.56 Å². The Hall–Kier alpha value is -4.97. The molecule has 2 heterocycles. The number of nitrogens with zero attached hydrogens (tertiary/aromatic N) is 5. The first-order chi connectivity index (χ1) is 16.0. The number of nitriles is 1. The van der Waals surface area contributed by atoms with Crippen molar-refractivity contribution in [3.8, 4) is 28.8 Å². The van der Waals surface area contributed by atoms with E-state index in [0.29, 0.717) is 29.1 Å². The van der Waals surface area contributed by atoms with E-state index in [4.69, 9.17) is 15.7 Å². The van der Waals surface area contributed by atoms with Crippen molar-refractivity contribution in [3.63, 3.8) is 0 Å². The Morgan fingerprint density at radius 3 is 2.79 bits per heavy atom. The van der Waals surface area contributed by atoms with Crippen LogP contribution in [0.1, 0.15) is 5.56 Å². The highest BCUT2D eigenvalue weighted by Gasteiger charge is 2.16. The van der Waals surface area contributed by atoms with E-state index in [9.17, 15) is 4.79 Å². The highest BCUT2D eigenvalue weighted by molar-refractivity contribution is 6.06. The van der Waals surface area contributed by atoms with Crippen molar-refractivity contribution >= 4 is 17.4 Å². The van der Waals surface area contributed by atoms with Gasteiger partial charge in [0.2, 0.25) is 5.88 Å². The lowest BCUT2D eigenvalue weighted by Crippen LogP contribution is -2.12. The highest BCUT2D eigenvalue weighted by Crippen LogP contribution is 2.35. The van der Waals surface area contributed by atoms with Crippen molar-refractivity contribution in [2.24, 2.45) is 0 Å². The lowest BCUT2D eigenvalue weighted by atomic mass is 10.1. The van der Waals surface area contributed by atoms with E-state index in [1.165, 1.54) is 6.33 Å². The summed E-state index contributed by atoms with van der Waals surface area (Å²) >= 11 is 0. The van der Waals surface area contributed by atoms with Crippen LogP contribution in [0.25, 0.3) is 11.1 Å². The molecule has 4 aromatic rings. The Morgan fingerprint density at radius 1 is 1.18 bits per heavy atom. The van der Waals surface area contributed by atoms with Gasteiger partial charge in [-0.3, -0.25) is 9.48 Å². The quantitative estimate of drug-likeness (QED) is 0.332. The van der Waals surface area contributed by atoms with Crippen LogP contribution in [0.3, 0.4) is 0 Å². The van der Waals surface area contributed by atoms with Gasteiger partial charge in [-0.25, -0.2) is 9.97 Å². The molecule has 162 valence electrons. The van der Waals surface area contributed by atoms with Gasteiger partial charge in [0.1, 0.15) is 29.5 Å². The number of hydrogen-bond donors (Lipinski definition) is 2. The predicted molar refractivity (Wildman–Crippen MR) is 123 cm³/mol. The van der Waals surface area contributed by atoms with Gasteiger partial charge in [0.15, 0.2) is 0 Å². The van der Waals surface area contributed by atoms with Gasteiger partial charge in [-0.1, -0.05) is 43.0 Å². The number of hydrogen-bond acceptors (Lipinski definition) is 7. The summed E-state index contributed by atoms with van der Waals surface area (Å²) in [7, 11) is 0. The molecule has 0 saturated carbocycles. The van der Waals surface area contributed by atoms with Crippen molar-refractivity contribution < 1.29 is 9.53 Å². The highest BCUT2D eigenvalue weighted by atomic mass is 16.5. The van der Waals surface area contributed by atoms with Gasteiger partial charge in [0.25, 0.3) is 5.91 Å². The molecule has 9 heteroatoms. The standard InChI is InChI=1S/C24H19N7O2/c1-16(11-25)23(32)30-19-8-5-9-20(10-19)33-24-21(22(26)27-15-28-24)18-12-29-31(14-18)13-17-6-3-2-4-7-17/h2-10,12,14-15H,1,13H2,(H,30,32)(H2,26,27,28). The summed E-state index contributed by atoms with van der Waals surface area (Å²) < 4.78 is 7.77. The molecule has 0 fully saturated rings. The third-order valence-electron chi connectivity index (χ3n) is 4.67. The van der Waals surface area contributed by atoms with Crippen LogP contribution in [0.4, 0.5) is 11.5 Å². The third-order valence-corrected chi connectivity index (χ3v) is 4.67. The molecule has 0 saturated heterocycles. The molecule has 4 rings (SSSR count). The summed E-state index contributed by atoms with van der Waals surface area (Å²) in [5.41, 5.74) is 8.71. The molecule has 2 aromatic carbocycles. The van der Waals surface area contributed by atoms with Crippen LogP contribution in [0.15, 0.2) is 85.5 Å². The minimum atomic E-state index is -0.590. The van der Waals surface area contributed by atoms with Crippen LogP contribution in [0.5, 0.6) is 11.6 Å². The summed E-state index contributed by atoms with van der Waals surface area (Å²) in [5, 5.41) is 15.8. The van der Waals surface area contributed by atoms with Gasteiger partial charge in [0.05, 0.1) is 18.3 Å². The number of anilines is 2. The molecule has 0 radical (unpaired) electrons. The van der Waals surface area contributed by atoms with Crippen molar-refractivity contribution in [3.05, 3.63) is 91.0 Å². The average Bonchev–Trinajstić information content (AvgIpc) is 3.27. The molecular weight excluding hydrogens is 418 g/mol. The van der Waals surface area contributed by atoms with E-state index < -0.39 is 5.91 Å². The monoisotopic (exact) mass is 437 g/mol. The smallest absolute Gasteiger partial charge is 0.265 e. The maximum atomic E-state index is 11.9. The zero-order chi connectivity index (χ0) is 23.2. The third kappa shape index (κ3) is 5.03. The maximum Gasteiger partial charge on any atom is 0.265 e. The zero-order valence-corrected chi connectivity index (χ0v) is 17.5. The second-order valence-corrected chi connectivity index (χ2v) is 7.03. The van der Waals surface area contributed by atoms with E-state index in [2.05, 4.69) is 27.0 Å². The fraction of sp³-hybridized carbons (Fsp3) is 0.0417. The van der Waals surface area contributed by atoms with E-state index in [1.807, 2.05) is 36.5 Å². The first kappa shape index (κ1) is 21.3. The Bertz CT molecular complexity index is 1360. The minimum absolute atomic E-state index is 0.195. The SMILES string of the molecule is C=C(C#N)C(=O)Nc1cccc(Oc2ncnc(N)c2-c2cnn(Cc3ccccc3)c2)c1. The van der Waals surface area contributed by atoms with E-state index in [-0.39, 0.29) is 17.3 Å². The average molecular weight is 437 g/mol. The molecule has 0 aliphatic carbocycles. The topological polar surface area (TPSA) is 132 Å². The lowest BCUT2D eigenvalue weighted by molar-refractivity contribution is -0.112. The Morgan fingerprint density at radius 2 is 2.00 bits per heavy atom. The summed E-state index contributed by atoms with van der Waals surface area (Å²) in [4.78, 5) is 20.2. The summed E-state index contributed by atoms with van der Waals surface area (Å²) in [5.74, 6) is 0.305. The molecule has 2 aromatic heterocycles. The number of nitrogens with two attached hydrogens (primary N) is 1. The van der Waals surface area contributed by atoms with E-state index in [1.54, 1.807) is 41.2 Å². The summed E-state index contributed by atoms with van der Waals surface area (Å²) in [6, 6.07) is 18.3. The Kier molecular flexibility index (Phi) is 6.09. The number of aromatic nitrogens is 4. The van der Waals surface area contributed by atoms with Crippen molar-refractivity contribution in [2.75, 3.05) is 11.1 Å². The number of ether oxygens (including phenoxy) is 1. The second-order valence-electron chi connectivity index (χ2n) is 7.03. The van der Waals surface area contributed by atoms with Crippen molar-refractivity contribution in [1.29, 1.82) is 5.26 Å². The molecule has 0 spiro atoms. The number of amides is 1. The largest absolute Gasteiger partial charge is 0.438 e. The van der Waals surface area contributed by atoms with Crippen LogP contribution in [-0.2, 0) is 11.3 Å². The maximum absolute atomic E-state index is 11.9. The molecule has 9 nitrogen and oxygen atoms in total. The molecule has 0 aliphatic rings. The van der Waals surface area contributed by atoms with Gasteiger partial charge in [0, 0.05) is 23.5 Å². The lowest BCUT2D eigenvalue weighted by Gasteiger charge is -2.11. The fourth-order valence-corrected chi connectivity index (χ4v) is 3.09. The number of nitrogen functional groups attached to an aromatic ring is 1. The number of nitrogens with one attached hydrogen (secondary N) is 1. The van der Waals surface area contributed by atoms with Crippen LogP contribution >= 0.6 is 0 Å². The van der Waals surface area contributed by atoms with Crippen molar-refractivity contribution in [1.82, 2.24) is 19.7 Å². The minimum Gasteiger partial charge on any atom is -0.438 e. The number of carbonyl (C=O) groups is 1. The number of rotatable bonds is 7. The first-order valence-corrected chi connectivity index (χ1v) is 9.89. The van der Waals surface area contributed by atoms with Crippen LogP contribution in [0.2, 0.25) is 0 Å². The fourth-order valence-electron chi connectivity index (χ4n) is 3.09. The molecule has 0 atom stereocenters. The molecule has 0 aliphatic heterocycles. The first-order valence-electron chi connectivity index (χ1n) is 9.89. The second kappa shape index (κ2) is 9.45. The molecule has 3 N–H and O–H groups in total. The van der Waals surface area contributed by atoms with Crippen molar-refractivity contribution in [2.45, 2.75) is 6.54 Å². The van der Waals surface area contributed by atoms with Crippen LogP contribution in [0, 0.1) is 11.3 Å². The molecule has 33 heavy (non-hydrogen) atoms. The molecular formula is C24H19N7O2. The van der Waals surface area contributed by atoms with Gasteiger partial charge < -0.3 is 15.8 Å². The normalized spacial score (nSPS) is 10.3. The van der Waals surface area contributed by atoms with E-state index >= 15 is 0 Å². The Labute approximate surface area is 189 Å². The molecule has 0 bridgehead atoms. The number of carbonyl (C=O) groups excluding carboxylic acids is 1.